The number of benzene rings is 2. The molecule has 2 aromatic heterocycles. The van der Waals surface area contributed by atoms with Crippen LogP contribution in [0.1, 0.15) is 43.1 Å². The zero-order chi connectivity index (χ0) is 28.1. The summed E-state index contributed by atoms with van der Waals surface area (Å²) in [6, 6.07) is 13.5. The van der Waals surface area contributed by atoms with Crippen molar-refractivity contribution >= 4 is 45.5 Å². The number of fused-ring (bicyclic) bond motifs is 3. The number of hydrogen-bond acceptors (Lipinski definition) is 7. The second-order valence-electron chi connectivity index (χ2n) is 11.6. The molecule has 0 spiro atoms. The van der Waals surface area contributed by atoms with Crippen LogP contribution in [0.4, 0.5) is 11.5 Å². The fourth-order valence-corrected chi connectivity index (χ4v) is 7.13. The number of hydrogen-bond donors (Lipinski definition) is 0. The Morgan fingerprint density at radius 3 is 2.73 bits per heavy atom. The van der Waals surface area contributed by atoms with Crippen LogP contribution in [-0.2, 0) is 26.1 Å². The zero-order valence-electron chi connectivity index (χ0n) is 23.6. The zero-order valence-corrected chi connectivity index (χ0v) is 25.1. The largest absolute Gasteiger partial charge is 0.462 e. The molecule has 0 unspecified atom stereocenters. The van der Waals surface area contributed by atoms with E-state index in [0.717, 1.165) is 71.2 Å². The lowest BCUT2D eigenvalue weighted by Crippen LogP contribution is -2.43. The first kappa shape index (κ1) is 26.8. The lowest BCUT2D eigenvalue weighted by atomic mass is 10.0. The first-order valence-electron chi connectivity index (χ1n) is 14.6. The number of halogens is 2. The highest BCUT2D eigenvalue weighted by Crippen LogP contribution is 2.38. The van der Waals surface area contributed by atoms with Crippen molar-refractivity contribution in [1.29, 1.82) is 0 Å². The van der Waals surface area contributed by atoms with Gasteiger partial charge in [-0.3, -0.25) is 0 Å². The number of rotatable bonds is 5. The second-order valence-corrected chi connectivity index (χ2v) is 12.4. The van der Waals surface area contributed by atoms with Crippen molar-refractivity contribution in [2.45, 2.75) is 64.3 Å². The van der Waals surface area contributed by atoms with E-state index in [4.69, 9.17) is 37.9 Å². The average Bonchev–Trinajstić information content (AvgIpc) is 3.34. The average molecular weight is 593 g/mol. The Bertz CT molecular complexity index is 1590. The molecule has 8 nitrogen and oxygen atoms in total. The predicted octanol–water partition coefficient (Wildman–Crippen LogP) is 5.97. The maximum Gasteiger partial charge on any atom is 0.318 e. The minimum atomic E-state index is 0.221. The molecule has 0 radical (unpaired) electrons. The summed E-state index contributed by atoms with van der Waals surface area (Å²) in [5, 5.41) is 3.54. The summed E-state index contributed by atoms with van der Waals surface area (Å²) in [4.78, 5) is 21.6. The molecule has 2 atom stereocenters. The van der Waals surface area contributed by atoms with Crippen molar-refractivity contribution in [2.75, 3.05) is 36.5 Å². The van der Waals surface area contributed by atoms with Crippen molar-refractivity contribution in [2.24, 2.45) is 0 Å². The van der Waals surface area contributed by atoms with Gasteiger partial charge in [-0.1, -0.05) is 53.9 Å². The molecule has 0 bridgehead atoms. The number of likely N-dealkylation sites (N-methyl/N-ethyl adjacent to an activating group) is 1. The molecule has 3 aliphatic heterocycles. The second kappa shape index (κ2) is 11.0. The predicted molar refractivity (Wildman–Crippen MR) is 164 cm³/mol. The summed E-state index contributed by atoms with van der Waals surface area (Å²) in [5.41, 5.74) is 4.35. The Balaban J connectivity index is 1.26. The first-order valence-corrected chi connectivity index (χ1v) is 15.3. The molecule has 0 amide bonds. The molecule has 0 aliphatic carbocycles. The van der Waals surface area contributed by atoms with Gasteiger partial charge in [0.1, 0.15) is 12.4 Å². The van der Waals surface area contributed by atoms with Gasteiger partial charge in [0.2, 0.25) is 0 Å². The summed E-state index contributed by atoms with van der Waals surface area (Å²) in [5.74, 6) is 0.952. The number of piperidine rings is 1. The van der Waals surface area contributed by atoms with Gasteiger partial charge >= 0.3 is 6.01 Å². The summed E-state index contributed by atoms with van der Waals surface area (Å²) in [6.45, 7) is 6.89. The molecule has 4 aromatic rings. The Hall–Kier alpha value is -3.07. The molecule has 1 saturated heterocycles. The molecule has 214 valence electrons. The highest BCUT2D eigenvalue weighted by Gasteiger charge is 2.32. The van der Waals surface area contributed by atoms with Gasteiger partial charge in [-0.25, -0.2) is 4.98 Å². The molecule has 3 aliphatic rings. The highest BCUT2D eigenvalue weighted by atomic mass is 35.5. The molecule has 10 heteroatoms. The monoisotopic (exact) mass is 591 g/mol. The first-order chi connectivity index (χ1) is 20.0. The van der Waals surface area contributed by atoms with Crippen molar-refractivity contribution in [3.63, 3.8) is 0 Å². The number of likely N-dealkylation sites (tertiary alicyclic amines) is 1. The molecular formula is C31H35Cl2N7O. The minimum Gasteiger partial charge on any atom is -0.462 e. The van der Waals surface area contributed by atoms with Gasteiger partial charge in [0.05, 0.1) is 35.8 Å². The third-order valence-corrected chi connectivity index (χ3v) is 9.63. The standard InChI is InChI=1S/C31H35Cl2N7O/c1-20-15-39-19-34-29(33)27(39)17-40(20)30-23-12-14-38(26-11-6-8-21-7-5-10-24(32)28(21)26)16-25(23)35-31(36-30)41-18-22-9-3-4-13-37(22)2/h5-8,10-11,19-20,22H,3-4,9,12-18H2,1-2H3/t20-,22-/m1/s1. The minimum absolute atomic E-state index is 0.221. The number of ether oxygens (including phenoxy) is 1. The van der Waals surface area contributed by atoms with E-state index < -0.39 is 0 Å². The summed E-state index contributed by atoms with van der Waals surface area (Å²) in [6.07, 6.45) is 6.27. The number of imidazole rings is 1. The lowest BCUT2D eigenvalue weighted by molar-refractivity contribution is 0.119. The van der Waals surface area contributed by atoms with E-state index in [2.05, 4.69) is 62.5 Å². The van der Waals surface area contributed by atoms with Crippen LogP contribution >= 0.6 is 23.2 Å². The normalized spacial score (nSPS) is 21.2. The third-order valence-electron chi connectivity index (χ3n) is 9.00. The van der Waals surface area contributed by atoms with Crippen LogP contribution in [-0.4, -0.2) is 63.2 Å². The molecule has 5 heterocycles. The van der Waals surface area contributed by atoms with Crippen LogP contribution in [0.25, 0.3) is 10.8 Å². The molecule has 7 rings (SSSR count). The number of anilines is 2. The smallest absolute Gasteiger partial charge is 0.318 e. The Labute approximate surface area is 250 Å². The summed E-state index contributed by atoms with van der Waals surface area (Å²) in [7, 11) is 2.18. The van der Waals surface area contributed by atoms with E-state index in [1.54, 1.807) is 0 Å². The molecule has 1 fully saturated rings. The quantitative estimate of drug-likeness (QED) is 0.283. The Morgan fingerprint density at radius 2 is 1.88 bits per heavy atom. The van der Waals surface area contributed by atoms with Crippen LogP contribution in [0, 0.1) is 0 Å². The van der Waals surface area contributed by atoms with Gasteiger partial charge in [-0.2, -0.15) is 9.97 Å². The van der Waals surface area contributed by atoms with E-state index in [1.807, 2.05) is 18.5 Å². The van der Waals surface area contributed by atoms with Crippen molar-refractivity contribution in [3.05, 3.63) is 69.9 Å². The topological polar surface area (TPSA) is 62.6 Å². The fraction of sp³-hybridized carbons (Fsp3) is 0.452. The number of aromatic nitrogens is 4. The molecule has 41 heavy (non-hydrogen) atoms. The van der Waals surface area contributed by atoms with Crippen molar-refractivity contribution < 1.29 is 4.74 Å². The van der Waals surface area contributed by atoms with E-state index in [1.165, 1.54) is 18.4 Å². The fourth-order valence-electron chi connectivity index (χ4n) is 6.64. The molecule has 2 aromatic carbocycles. The van der Waals surface area contributed by atoms with Crippen LogP contribution in [0.15, 0.2) is 42.7 Å². The van der Waals surface area contributed by atoms with Crippen LogP contribution in [0.3, 0.4) is 0 Å². The van der Waals surface area contributed by atoms with Crippen LogP contribution < -0.4 is 14.5 Å². The maximum absolute atomic E-state index is 6.72. The van der Waals surface area contributed by atoms with Crippen LogP contribution in [0.5, 0.6) is 6.01 Å². The van der Waals surface area contributed by atoms with Gasteiger partial charge in [0.15, 0.2) is 5.15 Å². The SMILES string of the molecule is C[C@@H]1Cn2cnc(Cl)c2CN1c1nc(OC[C@H]2CCCCN2C)nc2c1CCN(c1cccc3cccc(Cl)c13)C2. The maximum atomic E-state index is 6.72. The van der Waals surface area contributed by atoms with Gasteiger partial charge in [-0.05, 0) is 57.3 Å². The van der Waals surface area contributed by atoms with Crippen molar-refractivity contribution in [3.8, 4) is 6.01 Å². The molecule has 0 saturated carbocycles. The van der Waals surface area contributed by atoms with E-state index in [0.29, 0.717) is 36.9 Å². The molecule has 0 N–H and O–H groups in total. The summed E-state index contributed by atoms with van der Waals surface area (Å²) >= 11 is 13.2. The van der Waals surface area contributed by atoms with Crippen molar-refractivity contribution in [1.82, 2.24) is 24.4 Å². The Kier molecular flexibility index (Phi) is 7.17. The number of nitrogens with zero attached hydrogens (tertiary/aromatic N) is 7. The molecular weight excluding hydrogens is 557 g/mol. The van der Waals surface area contributed by atoms with Gasteiger partial charge in [0.25, 0.3) is 0 Å². The Morgan fingerprint density at radius 1 is 1.02 bits per heavy atom. The van der Waals surface area contributed by atoms with Gasteiger partial charge in [-0.15, -0.1) is 0 Å². The highest BCUT2D eigenvalue weighted by molar-refractivity contribution is 6.36. The third kappa shape index (κ3) is 5.00. The van der Waals surface area contributed by atoms with E-state index >= 15 is 0 Å². The van der Waals surface area contributed by atoms with E-state index in [9.17, 15) is 0 Å². The van der Waals surface area contributed by atoms with Gasteiger partial charge < -0.3 is 24.0 Å². The van der Waals surface area contributed by atoms with Crippen LogP contribution in [0.2, 0.25) is 10.2 Å². The van der Waals surface area contributed by atoms with Gasteiger partial charge in [0, 0.05) is 41.8 Å². The lowest BCUT2D eigenvalue weighted by Gasteiger charge is -2.39. The van der Waals surface area contributed by atoms with E-state index in [-0.39, 0.29) is 6.04 Å². The summed E-state index contributed by atoms with van der Waals surface area (Å²) < 4.78 is 8.54.